The van der Waals surface area contributed by atoms with Gasteiger partial charge in [0.15, 0.2) is 0 Å². The van der Waals surface area contributed by atoms with Crippen molar-refractivity contribution < 1.29 is 14.3 Å². The highest BCUT2D eigenvalue weighted by Crippen LogP contribution is 2.24. The van der Waals surface area contributed by atoms with Crippen LogP contribution in [0.3, 0.4) is 0 Å². The molecule has 152 valence electrons. The number of anilines is 1. The summed E-state index contributed by atoms with van der Waals surface area (Å²) in [7, 11) is 1.38. The number of nitrogens with zero attached hydrogens (tertiary/aromatic N) is 4. The maximum Gasteiger partial charge on any atom is 0.328 e. The van der Waals surface area contributed by atoms with Gasteiger partial charge in [-0.2, -0.15) is 0 Å². The van der Waals surface area contributed by atoms with E-state index in [1.807, 2.05) is 42.5 Å². The molecule has 1 aromatic heterocycles. The molecular formula is C22H26N4O3. The quantitative estimate of drug-likeness (QED) is 0.729. The molecule has 0 bridgehead atoms. The summed E-state index contributed by atoms with van der Waals surface area (Å²) in [6, 6.07) is 13.3. The standard InChI is InChI=1S/C22H26N4O3/c1-29-22(28)19-14-17-6-2-3-7-18(17)15-26(19)21(27)16-24-10-12-25(13-11-24)20-8-4-5-9-23-20/h2-9,19H,10-16H2,1H3. The zero-order valence-corrected chi connectivity index (χ0v) is 16.7. The fourth-order valence-electron chi connectivity index (χ4n) is 4.09. The van der Waals surface area contributed by atoms with Crippen LogP contribution in [0.2, 0.25) is 0 Å². The monoisotopic (exact) mass is 394 g/mol. The Morgan fingerprint density at radius 1 is 1.03 bits per heavy atom. The first-order chi connectivity index (χ1) is 14.2. The molecule has 0 N–H and O–H groups in total. The molecule has 2 aliphatic heterocycles. The van der Waals surface area contributed by atoms with Gasteiger partial charge in [-0.25, -0.2) is 9.78 Å². The highest BCUT2D eigenvalue weighted by Gasteiger charge is 2.36. The number of fused-ring (bicyclic) bond motifs is 1. The molecule has 2 aromatic rings. The van der Waals surface area contributed by atoms with E-state index in [2.05, 4.69) is 14.8 Å². The van der Waals surface area contributed by atoms with Gasteiger partial charge in [0.25, 0.3) is 0 Å². The molecule has 0 spiro atoms. The summed E-state index contributed by atoms with van der Waals surface area (Å²) in [5, 5.41) is 0. The zero-order valence-electron chi connectivity index (χ0n) is 16.7. The van der Waals surface area contributed by atoms with Crippen LogP contribution in [-0.2, 0) is 27.3 Å². The smallest absolute Gasteiger partial charge is 0.328 e. The second kappa shape index (κ2) is 8.61. The van der Waals surface area contributed by atoms with E-state index in [1.54, 1.807) is 11.1 Å². The van der Waals surface area contributed by atoms with Crippen molar-refractivity contribution in [2.45, 2.75) is 19.0 Å². The first-order valence-electron chi connectivity index (χ1n) is 9.98. The lowest BCUT2D eigenvalue weighted by atomic mass is 9.94. The number of amides is 1. The van der Waals surface area contributed by atoms with E-state index in [4.69, 9.17) is 4.74 Å². The number of rotatable bonds is 4. The number of pyridine rings is 1. The topological polar surface area (TPSA) is 66.0 Å². The number of hydrogen-bond acceptors (Lipinski definition) is 6. The number of aromatic nitrogens is 1. The highest BCUT2D eigenvalue weighted by atomic mass is 16.5. The Hall–Kier alpha value is -2.93. The van der Waals surface area contributed by atoms with E-state index < -0.39 is 6.04 Å². The van der Waals surface area contributed by atoms with Crippen molar-refractivity contribution in [1.29, 1.82) is 0 Å². The van der Waals surface area contributed by atoms with Gasteiger partial charge in [0, 0.05) is 45.3 Å². The van der Waals surface area contributed by atoms with E-state index >= 15 is 0 Å². The Morgan fingerprint density at radius 2 is 1.76 bits per heavy atom. The van der Waals surface area contributed by atoms with Gasteiger partial charge in [-0.1, -0.05) is 30.3 Å². The largest absolute Gasteiger partial charge is 0.467 e. The van der Waals surface area contributed by atoms with Gasteiger partial charge in [-0.15, -0.1) is 0 Å². The number of carbonyl (C=O) groups excluding carboxylic acids is 2. The van der Waals surface area contributed by atoms with Crippen molar-refractivity contribution in [2.75, 3.05) is 44.7 Å². The van der Waals surface area contributed by atoms with Gasteiger partial charge < -0.3 is 14.5 Å². The van der Waals surface area contributed by atoms with Crippen LogP contribution in [0.5, 0.6) is 0 Å². The number of carbonyl (C=O) groups is 2. The molecule has 29 heavy (non-hydrogen) atoms. The molecule has 1 aromatic carbocycles. The Bertz CT molecular complexity index is 865. The van der Waals surface area contributed by atoms with Crippen LogP contribution in [0.1, 0.15) is 11.1 Å². The van der Waals surface area contributed by atoms with E-state index in [9.17, 15) is 9.59 Å². The van der Waals surface area contributed by atoms with Crippen molar-refractivity contribution in [2.24, 2.45) is 0 Å². The van der Waals surface area contributed by atoms with E-state index in [-0.39, 0.29) is 11.9 Å². The van der Waals surface area contributed by atoms with Gasteiger partial charge in [0.1, 0.15) is 11.9 Å². The summed E-state index contributed by atoms with van der Waals surface area (Å²) in [6.07, 6.45) is 2.30. The minimum absolute atomic E-state index is 0.0267. The second-order valence-corrected chi connectivity index (χ2v) is 7.48. The Morgan fingerprint density at radius 3 is 2.45 bits per heavy atom. The lowest BCUT2D eigenvalue weighted by Crippen LogP contribution is -2.54. The molecule has 0 aliphatic carbocycles. The molecule has 1 fully saturated rings. The predicted molar refractivity (Wildman–Crippen MR) is 109 cm³/mol. The maximum atomic E-state index is 13.1. The Labute approximate surface area is 170 Å². The molecule has 0 radical (unpaired) electrons. The summed E-state index contributed by atoms with van der Waals surface area (Å²) in [4.78, 5) is 35.9. The first kappa shape index (κ1) is 19.4. The molecule has 7 heteroatoms. The van der Waals surface area contributed by atoms with E-state index in [0.29, 0.717) is 19.5 Å². The van der Waals surface area contributed by atoms with Crippen LogP contribution in [-0.4, -0.2) is 72.5 Å². The Kier molecular flexibility index (Phi) is 5.76. The number of benzene rings is 1. The van der Waals surface area contributed by atoms with E-state index in [1.165, 1.54) is 7.11 Å². The molecule has 1 atom stereocenters. The number of methoxy groups -OCH3 is 1. The number of esters is 1. The zero-order chi connectivity index (χ0) is 20.2. The van der Waals surface area contributed by atoms with Crippen molar-refractivity contribution in [3.05, 3.63) is 59.8 Å². The maximum absolute atomic E-state index is 13.1. The third kappa shape index (κ3) is 4.24. The van der Waals surface area contributed by atoms with Gasteiger partial charge in [0.05, 0.1) is 13.7 Å². The summed E-state index contributed by atoms with van der Waals surface area (Å²) in [5.74, 6) is 0.589. The van der Waals surface area contributed by atoms with Crippen LogP contribution in [0.4, 0.5) is 5.82 Å². The normalized spacial score (nSPS) is 19.6. The van der Waals surface area contributed by atoms with Crippen LogP contribution in [0.15, 0.2) is 48.7 Å². The van der Waals surface area contributed by atoms with Gasteiger partial charge in [0.2, 0.25) is 5.91 Å². The van der Waals surface area contributed by atoms with Crippen LogP contribution in [0.25, 0.3) is 0 Å². The summed E-state index contributed by atoms with van der Waals surface area (Å²) >= 11 is 0. The number of piperazine rings is 1. The number of ether oxygens (including phenoxy) is 1. The summed E-state index contributed by atoms with van der Waals surface area (Å²) in [6.45, 7) is 3.99. The van der Waals surface area contributed by atoms with Gasteiger partial charge >= 0.3 is 5.97 Å². The molecule has 3 heterocycles. The van der Waals surface area contributed by atoms with Gasteiger partial charge in [-0.3, -0.25) is 9.69 Å². The molecule has 1 saturated heterocycles. The van der Waals surface area contributed by atoms with Crippen LogP contribution >= 0.6 is 0 Å². The van der Waals surface area contributed by atoms with Crippen molar-refractivity contribution >= 4 is 17.7 Å². The molecule has 2 aliphatic rings. The molecule has 0 saturated carbocycles. The third-order valence-electron chi connectivity index (χ3n) is 5.75. The fourth-order valence-corrected chi connectivity index (χ4v) is 4.09. The average Bonchev–Trinajstić information content (AvgIpc) is 2.78. The SMILES string of the molecule is COC(=O)C1Cc2ccccc2CN1C(=O)CN1CCN(c2ccccn2)CC1. The van der Waals surface area contributed by atoms with Crippen molar-refractivity contribution in [3.63, 3.8) is 0 Å². The number of hydrogen-bond donors (Lipinski definition) is 0. The third-order valence-corrected chi connectivity index (χ3v) is 5.75. The molecule has 1 unspecified atom stereocenters. The minimum Gasteiger partial charge on any atom is -0.467 e. The Balaban J connectivity index is 1.40. The minimum atomic E-state index is -0.558. The van der Waals surface area contributed by atoms with Crippen LogP contribution < -0.4 is 4.90 Å². The highest BCUT2D eigenvalue weighted by molar-refractivity contribution is 5.86. The van der Waals surface area contributed by atoms with Crippen LogP contribution in [0, 0.1) is 0 Å². The molecular weight excluding hydrogens is 368 g/mol. The fraction of sp³-hybridized carbons (Fsp3) is 0.409. The summed E-state index contributed by atoms with van der Waals surface area (Å²) in [5.41, 5.74) is 2.21. The molecule has 1 amide bonds. The lowest BCUT2D eigenvalue weighted by molar-refractivity contribution is -0.154. The second-order valence-electron chi connectivity index (χ2n) is 7.48. The van der Waals surface area contributed by atoms with Crippen molar-refractivity contribution in [3.8, 4) is 0 Å². The molecule has 4 rings (SSSR count). The van der Waals surface area contributed by atoms with Gasteiger partial charge in [-0.05, 0) is 23.3 Å². The van der Waals surface area contributed by atoms with E-state index in [0.717, 1.165) is 43.1 Å². The lowest BCUT2D eigenvalue weighted by Gasteiger charge is -2.38. The summed E-state index contributed by atoms with van der Waals surface area (Å²) < 4.78 is 4.98. The van der Waals surface area contributed by atoms with Crippen molar-refractivity contribution in [1.82, 2.24) is 14.8 Å². The predicted octanol–water partition coefficient (Wildman–Crippen LogP) is 1.33. The average molecular weight is 394 g/mol. The molecule has 7 nitrogen and oxygen atoms in total. The first-order valence-corrected chi connectivity index (χ1v) is 9.98.